The molecular formula is C15H21N4O+. The van der Waals surface area contributed by atoms with Crippen molar-refractivity contribution in [1.29, 1.82) is 0 Å². The minimum atomic E-state index is 0.0553. The standard InChI is InChI=1S/C15H20N4O/c1-3-16-13-10-19-14(9-18(13)4-2)17-12-8-6-5-7-11(12)15(19)20/h5-8,14H,3-4,9-10H2,1-2H3,(H,17,20)/p+1/t14-/m1/s1. The Labute approximate surface area is 119 Å². The van der Waals surface area contributed by atoms with Gasteiger partial charge >= 0.3 is 0 Å². The minimum Gasteiger partial charge on any atom is -0.361 e. The Kier molecular flexibility index (Phi) is 3.34. The molecule has 0 radical (unpaired) electrons. The lowest BCUT2D eigenvalue weighted by atomic mass is 10.1. The van der Waals surface area contributed by atoms with E-state index in [9.17, 15) is 4.79 Å². The first-order valence-electron chi connectivity index (χ1n) is 7.25. The zero-order chi connectivity index (χ0) is 14.1. The number of fused-ring (bicyclic) bond motifs is 2. The van der Waals surface area contributed by atoms with Gasteiger partial charge in [-0.15, -0.1) is 0 Å². The third-order valence-electron chi connectivity index (χ3n) is 3.97. The monoisotopic (exact) mass is 273 g/mol. The Hall–Kier alpha value is -2.04. The SMILES string of the molecule is CCNC1=[N+](CC)C[C@@H]2Nc3ccccc3C(=O)N2C1. The number of likely N-dealkylation sites (N-methyl/N-ethyl adjacent to an activating group) is 2. The highest BCUT2D eigenvalue weighted by Gasteiger charge is 2.38. The summed E-state index contributed by atoms with van der Waals surface area (Å²) in [6.45, 7) is 7.52. The number of nitrogens with zero attached hydrogens (tertiary/aromatic N) is 2. The van der Waals surface area contributed by atoms with E-state index >= 15 is 0 Å². The van der Waals surface area contributed by atoms with E-state index in [-0.39, 0.29) is 12.1 Å². The Morgan fingerprint density at radius 3 is 2.95 bits per heavy atom. The van der Waals surface area contributed by atoms with Crippen molar-refractivity contribution in [2.45, 2.75) is 20.0 Å². The van der Waals surface area contributed by atoms with E-state index in [2.05, 4.69) is 29.1 Å². The van der Waals surface area contributed by atoms with Crippen LogP contribution >= 0.6 is 0 Å². The summed E-state index contributed by atoms with van der Waals surface area (Å²) in [4.78, 5) is 14.5. The Morgan fingerprint density at radius 1 is 1.40 bits per heavy atom. The molecule has 2 aliphatic rings. The van der Waals surface area contributed by atoms with Gasteiger partial charge in [-0.25, -0.2) is 0 Å². The second-order valence-corrected chi connectivity index (χ2v) is 5.15. The molecule has 106 valence electrons. The van der Waals surface area contributed by atoms with Crippen molar-refractivity contribution in [3.05, 3.63) is 29.8 Å². The van der Waals surface area contributed by atoms with Gasteiger partial charge in [-0.2, -0.15) is 0 Å². The molecular weight excluding hydrogens is 252 g/mol. The number of benzene rings is 1. The van der Waals surface area contributed by atoms with Gasteiger partial charge < -0.3 is 10.2 Å². The number of amides is 1. The maximum atomic E-state index is 12.6. The summed E-state index contributed by atoms with van der Waals surface area (Å²) in [6, 6.07) is 7.74. The summed E-state index contributed by atoms with van der Waals surface area (Å²) in [5.74, 6) is 1.26. The van der Waals surface area contributed by atoms with E-state index in [1.165, 1.54) is 0 Å². The second-order valence-electron chi connectivity index (χ2n) is 5.15. The van der Waals surface area contributed by atoms with Gasteiger partial charge in [0.15, 0.2) is 0 Å². The van der Waals surface area contributed by atoms with Crippen molar-refractivity contribution in [3.63, 3.8) is 0 Å². The molecule has 20 heavy (non-hydrogen) atoms. The molecule has 2 N–H and O–H groups in total. The third-order valence-corrected chi connectivity index (χ3v) is 3.97. The number of carbonyl (C=O) groups is 1. The van der Waals surface area contributed by atoms with Crippen LogP contribution < -0.4 is 10.6 Å². The van der Waals surface area contributed by atoms with Gasteiger partial charge in [-0.3, -0.25) is 14.7 Å². The number of hydrogen-bond donors (Lipinski definition) is 2. The lowest BCUT2D eigenvalue weighted by Gasteiger charge is -2.40. The van der Waals surface area contributed by atoms with Crippen molar-refractivity contribution in [2.24, 2.45) is 0 Å². The van der Waals surface area contributed by atoms with E-state index in [0.717, 1.165) is 36.7 Å². The zero-order valence-electron chi connectivity index (χ0n) is 12.0. The first-order valence-corrected chi connectivity index (χ1v) is 7.25. The van der Waals surface area contributed by atoms with Crippen LogP contribution in [0, 0.1) is 0 Å². The fraction of sp³-hybridized carbons (Fsp3) is 0.467. The second kappa shape index (κ2) is 5.15. The van der Waals surface area contributed by atoms with Crippen LogP contribution in [0.4, 0.5) is 5.69 Å². The lowest BCUT2D eigenvalue weighted by Crippen LogP contribution is -2.61. The van der Waals surface area contributed by atoms with Crippen molar-refractivity contribution in [2.75, 3.05) is 31.5 Å². The number of carbonyl (C=O) groups excluding carboxylic acids is 1. The lowest BCUT2D eigenvalue weighted by molar-refractivity contribution is -0.536. The summed E-state index contributed by atoms with van der Waals surface area (Å²) < 4.78 is 2.30. The third kappa shape index (κ3) is 2.03. The van der Waals surface area contributed by atoms with Gasteiger partial charge in [0, 0.05) is 5.69 Å². The van der Waals surface area contributed by atoms with Crippen LogP contribution in [0.5, 0.6) is 0 Å². The highest BCUT2D eigenvalue weighted by Crippen LogP contribution is 2.26. The maximum Gasteiger partial charge on any atom is 0.264 e. The molecule has 3 rings (SSSR count). The van der Waals surface area contributed by atoms with Crippen LogP contribution in [-0.2, 0) is 0 Å². The molecule has 1 atom stereocenters. The first-order chi connectivity index (χ1) is 9.74. The molecule has 2 aliphatic heterocycles. The Morgan fingerprint density at radius 2 is 2.20 bits per heavy atom. The van der Waals surface area contributed by atoms with Crippen LogP contribution in [-0.4, -0.2) is 53.6 Å². The predicted molar refractivity (Wildman–Crippen MR) is 79.2 cm³/mol. The molecule has 0 unspecified atom stereocenters. The van der Waals surface area contributed by atoms with E-state index in [1.54, 1.807) is 0 Å². The van der Waals surface area contributed by atoms with Gasteiger partial charge in [0.25, 0.3) is 11.7 Å². The molecule has 0 aliphatic carbocycles. The largest absolute Gasteiger partial charge is 0.361 e. The average Bonchev–Trinajstić information content (AvgIpc) is 2.48. The Bertz CT molecular complexity index is 567. The Balaban J connectivity index is 1.93. The molecule has 0 saturated heterocycles. The van der Waals surface area contributed by atoms with Gasteiger partial charge in [-0.05, 0) is 26.0 Å². The fourth-order valence-electron chi connectivity index (χ4n) is 2.95. The fourth-order valence-corrected chi connectivity index (χ4v) is 2.95. The molecule has 0 aromatic heterocycles. The molecule has 0 saturated carbocycles. The van der Waals surface area contributed by atoms with E-state index in [0.29, 0.717) is 6.54 Å². The van der Waals surface area contributed by atoms with Crippen molar-refractivity contribution >= 4 is 17.4 Å². The number of anilines is 1. The molecule has 1 amide bonds. The molecule has 2 heterocycles. The molecule has 0 fully saturated rings. The van der Waals surface area contributed by atoms with Gasteiger partial charge in [0.1, 0.15) is 19.3 Å². The number of rotatable bonds is 2. The summed E-state index contributed by atoms with van der Waals surface area (Å²) >= 11 is 0. The van der Waals surface area contributed by atoms with Crippen molar-refractivity contribution < 1.29 is 9.37 Å². The molecule has 1 aromatic rings. The van der Waals surface area contributed by atoms with Crippen LogP contribution in [0.1, 0.15) is 24.2 Å². The highest BCUT2D eigenvalue weighted by molar-refractivity contribution is 6.03. The normalized spacial score (nSPS) is 21.2. The van der Waals surface area contributed by atoms with E-state index in [4.69, 9.17) is 0 Å². The minimum absolute atomic E-state index is 0.0553. The van der Waals surface area contributed by atoms with E-state index in [1.807, 2.05) is 29.2 Å². The molecule has 5 heteroatoms. The number of hydrogen-bond acceptors (Lipinski definition) is 3. The number of nitrogens with one attached hydrogen (secondary N) is 2. The smallest absolute Gasteiger partial charge is 0.264 e. The summed E-state index contributed by atoms with van der Waals surface area (Å²) in [5, 5.41) is 6.86. The van der Waals surface area contributed by atoms with Gasteiger partial charge in [0.2, 0.25) is 0 Å². The summed E-state index contributed by atoms with van der Waals surface area (Å²) in [6.07, 6.45) is 0.0553. The van der Waals surface area contributed by atoms with Crippen molar-refractivity contribution in [3.8, 4) is 0 Å². The molecule has 5 nitrogen and oxygen atoms in total. The van der Waals surface area contributed by atoms with Crippen LogP contribution in [0.3, 0.4) is 0 Å². The molecule has 1 aromatic carbocycles. The topological polar surface area (TPSA) is 47.4 Å². The zero-order valence-corrected chi connectivity index (χ0v) is 12.0. The predicted octanol–water partition coefficient (Wildman–Crippen LogP) is 0.934. The quantitative estimate of drug-likeness (QED) is 0.788. The number of amidine groups is 1. The van der Waals surface area contributed by atoms with Crippen LogP contribution in [0.25, 0.3) is 0 Å². The van der Waals surface area contributed by atoms with Crippen LogP contribution in [0.2, 0.25) is 0 Å². The van der Waals surface area contributed by atoms with Crippen LogP contribution in [0.15, 0.2) is 24.3 Å². The average molecular weight is 273 g/mol. The van der Waals surface area contributed by atoms with Crippen molar-refractivity contribution in [1.82, 2.24) is 10.2 Å². The summed E-state index contributed by atoms with van der Waals surface area (Å²) in [7, 11) is 0. The molecule has 0 spiro atoms. The first kappa shape index (κ1) is 13.0. The van der Waals surface area contributed by atoms with Gasteiger partial charge in [0.05, 0.1) is 18.7 Å². The van der Waals surface area contributed by atoms with E-state index < -0.39 is 0 Å². The highest BCUT2D eigenvalue weighted by atomic mass is 16.2. The molecule has 0 bridgehead atoms. The number of para-hydroxylation sites is 1. The summed E-state index contributed by atoms with van der Waals surface area (Å²) in [5.41, 5.74) is 1.71. The maximum absolute atomic E-state index is 12.6. The van der Waals surface area contributed by atoms with Gasteiger partial charge in [-0.1, -0.05) is 12.1 Å².